The quantitative estimate of drug-likeness (QED) is 0.325. The van der Waals surface area contributed by atoms with Crippen molar-refractivity contribution in [1.82, 2.24) is 20.2 Å². The van der Waals surface area contributed by atoms with Crippen molar-refractivity contribution in [2.24, 2.45) is 0 Å². The van der Waals surface area contributed by atoms with Crippen molar-refractivity contribution in [3.63, 3.8) is 0 Å². The highest BCUT2D eigenvalue weighted by Crippen LogP contribution is 2.36. The zero-order valence-corrected chi connectivity index (χ0v) is 17.6. The highest BCUT2D eigenvalue weighted by atomic mass is 19.1. The number of anilines is 4. The summed E-state index contributed by atoms with van der Waals surface area (Å²) in [5, 5.41) is 14.4. The number of ether oxygens (including phenoxy) is 2. The molecule has 3 N–H and O–H groups in total. The van der Waals surface area contributed by atoms with Crippen molar-refractivity contribution in [3.8, 4) is 11.5 Å². The number of fused-ring (bicyclic) bond motifs is 2. The Morgan fingerprint density at radius 2 is 1.64 bits per heavy atom. The molecule has 0 bridgehead atoms. The summed E-state index contributed by atoms with van der Waals surface area (Å²) < 4.78 is 39.2. The van der Waals surface area contributed by atoms with Gasteiger partial charge >= 0.3 is 0 Å². The van der Waals surface area contributed by atoms with Crippen LogP contribution in [0.25, 0.3) is 21.8 Å². The average molecular weight is 448 g/mol. The lowest BCUT2D eigenvalue weighted by atomic mass is 10.2. The Morgan fingerprint density at radius 1 is 0.879 bits per heavy atom. The Balaban J connectivity index is 1.65. The number of para-hydroxylation sites is 1. The maximum absolute atomic E-state index is 14.2. The Morgan fingerprint density at radius 3 is 2.39 bits per heavy atom. The number of nitrogens with zero attached hydrogens (tertiary/aromatic N) is 3. The van der Waals surface area contributed by atoms with Gasteiger partial charge in [0.2, 0.25) is 5.95 Å². The van der Waals surface area contributed by atoms with E-state index in [1.165, 1.54) is 20.3 Å². The summed E-state index contributed by atoms with van der Waals surface area (Å²) >= 11 is 0. The van der Waals surface area contributed by atoms with Gasteiger partial charge in [0, 0.05) is 22.5 Å². The Kier molecular flexibility index (Phi) is 5.09. The molecule has 3 aromatic carbocycles. The molecule has 0 amide bonds. The highest BCUT2D eigenvalue weighted by Gasteiger charge is 2.16. The molecule has 166 valence electrons. The van der Waals surface area contributed by atoms with Gasteiger partial charge < -0.3 is 20.1 Å². The first-order chi connectivity index (χ1) is 16.1. The number of benzene rings is 3. The molecule has 0 saturated heterocycles. The molecule has 2 aromatic heterocycles. The zero-order chi connectivity index (χ0) is 22.9. The molecular weight excluding hydrogens is 430 g/mol. The number of nitrogens with one attached hydrogen (secondary N) is 3. The molecule has 0 unspecified atom stereocenters. The number of aromatic amines is 1. The van der Waals surface area contributed by atoms with E-state index in [1.54, 1.807) is 18.3 Å². The van der Waals surface area contributed by atoms with E-state index >= 15 is 0 Å². The topological polar surface area (TPSA) is 97.0 Å². The number of halogens is 2. The molecule has 8 nitrogen and oxygen atoms in total. The lowest BCUT2D eigenvalue weighted by Crippen LogP contribution is -2.05. The lowest BCUT2D eigenvalue weighted by Gasteiger charge is -2.15. The van der Waals surface area contributed by atoms with E-state index in [9.17, 15) is 8.78 Å². The summed E-state index contributed by atoms with van der Waals surface area (Å²) in [5.74, 6) is -0.161. The van der Waals surface area contributed by atoms with Crippen LogP contribution < -0.4 is 20.1 Å². The second-order valence-corrected chi connectivity index (χ2v) is 7.14. The van der Waals surface area contributed by atoms with Crippen molar-refractivity contribution in [2.45, 2.75) is 0 Å². The largest absolute Gasteiger partial charge is 0.493 e. The summed E-state index contributed by atoms with van der Waals surface area (Å²) in [6.07, 6.45) is 1.71. The molecular formula is C23H18F2N6O2. The van der Waals surface area contributed by atoms with Gasteiger partial charge in [-0.3, -0.25) is 5.10 Å². The van der Waals surface area contributed by atoms with Gasteiger partial charge in [-0.15, -0.1) is 0 Å². The van der Waals surface area contributed by atoms with E-state index in [2.05, 4.69) is 30.8 Å². The van der Waals surface area contributed by atoms with Gasteiger partial charge in [0.25, 0.3) is 0 Å². The summed E-state index contributed by atoms with van der Waals surface area (Å²) in [4.78, 5) is 8.92. The standard InChI is InChI=1S/C23H18F2N6O2/c1-32-19-9-14-18(10-20(19)33-2)28-23(29-21-15(24)4-3-5-16(21)25)30-22(14)27-13-6-7-17-12(8-13)11-26-31-17/h3-11H,1-2H3,(H,26,31)(H2,27,28,29,30). The third-order valence-corrected chi connectivity index (χ3v) is 5.10. The normalized spacial score (nSPS) is 11.0. The van der Waals surface area contributed by atoms with Crippen LogP contribution >= 0.6 is 0 Å². The second-order valence-electron chi connectivity index (χ2n) is 7.14. The fraction of sp³-hybridized carbons (Fsp3) is 0.0870. The van der Waals surface area contributed by atoms with E-state index in [0.717, 1.165) is 28.7 Å². The van der Waals surface area contributed by atoms with Crippen LogP contribution in [0.1, 0.15) is 0 Å². The summed E-state index contributed by atoms with van der Waals surface area (Å²) in [6, 6.07) is 12.6. The number of methoxy groups -OCH3 is 2. The van der Waals surface area contributed by atoms with Gasteiger partial charge in [-0.25, -0.2) is 13.8 Å². The van der Waals surface area contributed by atoms with Crippen molar-refractivity contribution < 1.29 is 18.3 Å². The molecule has 0 aliphatic heterocycles. The Hall–Kier alpha value is -4.47. The first kappa shape index (κ1) is 20.4. The van der Waals surface area contributed by atoms with Gasteiger partial charge in [-0.2, -0.15) is 10.1 Å². The molecule has 5 aromatic rings. The van der Waals surface area contributed by atoms with Gasteiger partial charge in [0.05, 0.1) is 31.4 Å². The average Bonchev–Trinajstić information content (AvgIpc) is 3.28. The third-order valence-electron chi connectivity index (χ3n) is 5.10. The van der Waals surface area contributed by atoms with Crippen LogP contribution in [0.4, 0.5) is 31.9 Å². The minimum absolute atomic E-state index is 0.00519. The monoisotopic (exact) mass is 448 g/mol. The smallest absolute Gasteiger partial charge is 0.229 e. The van der Waals surface area contributed by atoms with Gasteiger partial charge in [-0.05, 0) is 36.4 Å². The second kappa shape index (κ2) is 8.23. The Bertz CT molecular complexity index is 1470. The zero-order valence-electron chi connectivity index (χ0n) is 17.6. The fourth-order valence-electron chi connectivity index (χ4n) is 3.49. The van der Waals surface area contributed by atoms with E-state index in [-0.39, 0.29) is 11.6 Å². The van der Waals surface area contributed by atoms with Crippen LogP contribution in [-0.4, -0.2) is 34.4 Å². The summed E-state index contributed by atoms with van der Waals surface area (Å²) in [5.41, 5.74) is 1.76. The molecule has 2 heterocycles. The van der Waals surface area contributed by atoms with Crippen LogP contribution in [0.3, 0.4) is 0 Å². The van der Waals surface area contributed by atoms with Crippen molar-refractivity contribution in [2.75, 3.05) is 24.9 Å². The predicted molar refractivity (Wildman–Crippen MR) is 122 cm³/mol. The minimum Gasteiger partial charge on any atom is -0.493 e. The fourth-order valence-corrected chi connectivity index (χ4v) is 3.49. The van der Waals surface area contributed by atoms with Gasteiger partial charge in [-0.1, -0.05) is 6.07 Å². The number of aromatic nitrogens is 4. The molecule has 0 aliphatic rings. The molecule has 0 radical (unpaired) electrons. The number of hydrogen-bond acceptors (Lipinski definition) is 7. The van der Waals surface area contributed by atoms with E-state index in [1.807, 2.05) is 18.2 Å². The van der Waals surface area contributed by atoms with Gasteiger partial charge in [0.15, 0.2) is 11.5 Å². The highest BCUT2D eigenvalue weighted by molar-refractivity contribution is 5.95. The molecule has 0 saturated carbocycles. The SMILES string of the molecule is COc1cc2nc(Nc3c(F)cccc3F)nc(Nc3ccc4[nH]ncc4c3)c2cc1OC. The third kappa shape index (κ3) is 3.82. The van der Waals surface area contributed by atoms with Crippen LogP contribution in [0.5, 0.6) is 11.5 Å². The van der Waals surface area contributed by atoms with E-state index < -0.39 is 11.6 Å². The maximum atomic E-state index is 14.2. The van der Waals surface area contributed by atoms with Crippen LogP contribution in [-0.2, 0) is 0 Å². The van der Waals surface area contributed by atoms with Gasteiger partial charge in [0.1, 0.15) is 23.1 Å². The summed E-state index contributed by atoms with van der Waals surface area (Å²) in [6.45, 7) is 0. The number of H-pyrrole nitrogens is 1. The van der Waals surface area contributed by atoms with Crippen molar-refractivity contribution >= 4 is 44.9 Å². The number of hydrogen-bond donors (Lipinski definition) is 3. The first-order valence-electron chi connectivity index (χ1n) is 9.90. The summed E-state index contributed by atoms with van der Waals surface area (Å²) in [7, 11) is 3.04. The van der Waals surface area contributed by atoms with E-state index in [4.69, 9.17) is 9.47 Å². The Labute approximate surface area is 186 Å². The molecule has 0 aliphatic carbocycles. The van der Waals surface area contributed by atoms with Crippen LogP contribution in [0, 0.1) is 11.6 Å². The lowest BCUT2D eigenvalue weighted by molar-refractivity contribution is 0.356. The first-order valence-corrected chi connectivity index (χ1v) is 9.90. The molecule has 5 rings (SSSR count). The minimum atomic E-state index is -0.758. The number of rotatable bonds is 6. The van der Waals surface area contributed by atoms with Crippen molar-refractivity contribution in [1.29, 1.82) is 0 Å². The maximum Gasteiger partial charge on any atom is 0.229 e. The molecule has 0 fully saturated rings. The molecule has 33 heavy (non-hydrogen) atoms. The molecule has 0 atom stereocenters. The van der Waals surface area contributed by atoms with Crippen LogP contribution in [0.15, 0.2) is 54.7 Å². The molecule has 10 heteroatoms. The van der Waals surface area contributed by atoms with Crippen molar-refractivity contribution in [3.05, 3.63) is 66.4 Å². The van der Waals surface area contributed by atoms with Crippen LogP contribution in [0.2, 0.25) is 0 Å². The van der Waals surface area contributed by atoms with E-state index in [0.29, 0.717) is 28.2 Å². The molecule has 0 spiro atoms. The predicted octanol–water partition coefficient (Wildman–Crippen LogP) is 5.29.